The zero-order valence-corrected chi connectivity index (χ0v) is 16.6. The third-order valence-electron chi connectivity index (χ3n) is 3.95. The number of halogens is 1. The first-order valence-corrected chi connectivity index (χ1v) is 9.96. The van der Waals surface area contributed by atoms with Crippen molar-refractivity contribution in [3.8, 4) is 5.75 Å². The molecule has 0 spiro atoms. The SMILES string of the molecule is CCCCCc1ccc(OCCSc2cnn(C)c(=O)c2Cl)c(C)c1. The number of unbranched alkanes of at least 4 members (excludes halogenated alkanes) is 2. The lowest BCUT2D eigenvalue weighted by Crippen LogP contribution is -2.20. The molecular formula is C19H25ClN2O2S. The van der Waals surface area contributed by atoms with Crippen LogP contribution in [0.5, 0.6) is 5.75 Å². The van der Waals surface area contributed by atoms with Crippen molar-refractivity contribution in [2.75, 3.05) is 12.4 Å². The van der Waals surface area contributed by atoms with Crippen molar-refractivity contribution in [2.45, 2.75) is 44.4 Å². The Hall–Kier alpha value is -1.46. The molecule has 25 heavy (non-hydrogen) atoms. The fraction of sp³-hybridized carbons (Fsp3) is 0.474. The number of ether oxygens (including phenoxy) is 1. The van der Waals surface area contributed by atoms with E-state index < -0.39 is 0 Å². The Morgan fingerprint density at radius 2 is 2.12 bits per heavy atom. The maximum absolute atomic E-state index is 11.7. The molecule has 0 saturated carbocycles. The third-order valence-corrected chi connectivity index (χ3v) is 5.42. The fourth-order valence-electron chi connectivity index (χ4n) is 2.51. The number of nitrogens with zero attached hydrogens (tertiary/aromatic N) is 2. The quantitative estimate of drug-likeness (QED) is 0.469. The summed E-state index contributed by atoms with van der Waals surface area (Å²) in [6.45, 7) is 4.84. The molecule has 0 aliphatic heterocycles. The maximum atomic E-state index is 11.7. The lowest BCUT2D eigenvalue weighted by Gasteiger charge is -2.11. The zero-order chi connectivity index (χ0) is 18.2. The molecule has 2 rings (SSSR count). The molecule has 1 aromatic carbocycles. The van der Waals surface area contributed by atoms with Gasteiger partial charge >= 0.3 is 0 Å². The highest BCUT2D eigenvalue weighted by molar-refractivity contribution is 7.99. The predicted molar refractivity (Wildman–Crippen MR) is 105 cm³/mol. The van der Waals surface area contributed by atoms with Gasteiger partial charge < -0.3 is 4.74 Å². The van der Waals surface area contributed by atoms with Crippen molar-refractivity contribution in [3.05, 3.63) is 50.9 Å². The van der Waals surface area contributed by atoms with Crippen LogP contribution in [0, 0.1) is 6.92 Å². The first-order valence-electron chi connectivity index (χ1n) is 8.60. The number of aryl methyl sites for hydroxylation is 3. The minimum absolute atomic E-state index is 0.218. The van der Waals surface area contributed by atoms with Gasteiger partial charge in [0.1, 0.15) is 10.8 Å². The van der Waals surface area contributed by atoms with E-state index in [1.165, 1.54) is 41.3 Å². The van der Waals surface area contributed by atoms with Gasteiger partial charge in [0.05, 0.1) is 17.7 Å². The Morgan fingerprint density at radius 3 is 2.84 bits per heavy atom. The Balaban J connectivity index is 1.84. The van der Waals surface area contributed by atoms with Gasteiger partial charge in [-0.1, -0.05) is 43.5 Å². The third kappa shape index (κ3) is 5.79. The molecule has 0 unspecified atom stereocenters. The summed E-state index contributed by atoms with van der Waals surface area (Å²) in [6, 6.07) is 6.40. The van der Waals surface area contributed by atoms with Gasteiger partial charge in [-0.2, -0.15) is 5.10 Å². The highest BCUT2D eigenvalue weighted by Gasteiger charge is 2.08. The molecular weight excluding hydrogens is 356 g/mol. The highest BCUT2D eigenvalue weighted by Crippen LogP contribution is 2.24. The number of hydrogen-bond acceptors (Lipinski definition) is 4. The van der Waals surface area contributed by atoms with Crippen LogP contribution >= 0.6 is 23.4 Å². The normalized spacial score (nSPS) is 10.9. The van der Waals surface area contributed by atoms with Gasteiger partial charge in [0.2, 0.25) is 0 Å². The van der Waals surface area contributed by atoms with Gasteiger partial charge in [-0.3, -0.25) is 4.79 Å². The Labute approximate surface area is 158 Å². The van der Waals surface area contributed by atoms with Crippen LogP contribution in [0.1, 0.15) is 37.3 Å². The molecule has 0 radical (unpaired) electrons. The Bertz CT molecular complexity index is 762. The van der Waals surface area contributed by atoms with E-state index in [9.17, 15) is 4.79 Å². The molecule has 2 aromatic rings. The second-order valence-electron chi connectivity index (χ2n) is 6.01. The van der Waals surface area contributed by atoms with Crippen LogP contribution in [0.15, 0.2) is 34.1 Å². The first kappa shape index (κ1) is 19.9. The van der Waals surface area contributed by atoms with Crippen molar-refractivity contribution >= 4 is 23.4 Å². The number of aromatic nitrogens is 2. The summed E-state index contributed by atoms with van der Waals surface area (Å²) >= 11 is 7.53. The molecule has 6 heteroatoms. The highest BCUT2D eigenvalue weighted by atomic mass is 35.5. The van der Waals surface area contributed by atoms with E-state index >= 15 is 0 Å². The minimum atomic E-state index is -0.276. The second kappa shape index (κ2) is 9.88. The molecule has 0 bridgehead atoms. The lowest BCUT2D eigenvalue weighted by atomic mass is 10.0. The summed E-state index contributed by atoms with van der Waals surface area (Å²) in [7, 11) is 1.58. The molecule has 4 nitrogen and oxygen atoms in total. The van der Waals surface area contributed by atoms with Crippen molar-refractivity contribution < 1.29 is 4.74 Å². The summed E-state index contributed by atoms with van der Waals surface area (Å²) in [5, 5.41) is 4.21. The number of rotatable bonds is 9. The zero-order valence-electron chi connectivity index (χ0n) is 15.0. The number of hydrogen-bond donors (Lipinski definition) is 0. The van der Waals surface area contributed by atoms with E-state index in [4.69, 9.17) is 16.3 Å². The number of benzene rings is 1. The summed E-state index contributed by atoms with van der Waals surface area (Å²) in [5.74, 6) is 1.61. The molecule has 0 aliphatic rings. The van der Waals surface area contributed by atoms with E-state index in [2.05, 4.69) is 31.1 Å². The molecule has 1 aromatic heterocycles. The van der Waals surface area contributed by atoms with Crippen LogP contribution in [-0.4, -0.2) is 22.1 Å². The van der Waals surface area contributed by atoms with Gasteiger partial charge in [0.15, 0.2) is 0 Å². The predicted octanol–water partition coefficient (Wildman–Crippen LogP) is 4.65. The van der Waals surface area contributed by atoms with E-state index in [0.29, 0.717) is 17.3 Å². The van der Waals surface area contributed by atoms with Crippen molar-refractivity contribution in [3.63, 3.8) is 0 Å². The summed E-state index contributed by atoms with van der Waals surface area (Å²) in [4.78, 5) is 12.4. The molecule has 0 saturated heterocycles. The van der Waals surface area contributed by atoms with Gasteiger partial charge in [-0.15, -0.1) is 11.8 Å². The van der Waals surface area contributed by atoms with Gasteiger partial charge in [0, 0.05) is 12.8 Å². The summed E-state index contributed by atoms with van der Waals surface area (Å²) in [5.41, 5.74) is 2.25. The van der Waals surface area contributed by atoms with Crippen LogP contribution in [0.3, 0.4) is 0 Å². The average Bonchev–Trinajstić information content (AvgIpc) is 2.60. The van der Waals surface area contributed by atoms with Crippen LogP contribution in [-0.2, 0) is 13.5 Å². The summed E-state index contributed by atoms with van der Waals surface area (Å²) in [6.07, 6.45) is 6.49. The molecule has 0 fully saturated rings. The van der Waals surface area contributed by atoms with Crippen LogP contribution in [0.4, 0.5) is 0 Å². The minimum Gasteiger partial charge on any atom is -0.492 e. The Kier molecular flexibility index (Phi) is 7.85. The van der Waals surface area contributed by atoms with Gasteiger partial charge in [-0.25, -0.2) is 4.68 Å². The van der Waals surface area contributed by atoms with Gasteiger partial charge in [-0.05, 0) is 37.0 Å². The van der Waals surface area contributed by atoms with E-state index in [1.54, 1.807) is 13.2 Å². The molecule has 1 heterocycles. The Morgan fingerprint density at radius 1 is 1.32 bits per heavy atom. The standard InChI is InChI=1S/C19H25ClN2O2S/c1-4-5-6-7-15-8-9-16(14(2)12-15)24-10-11-25-17-13-21-22(3)19(23)18(17)20/h8-9,12-13H,4-7,10-11H2,1-3H3. The molecule has 0 atom stereocenters. The first-order chi connectivity index (χ1) is 12.0. The van der Waals surface area contributed by atoms with Crippen LogP contribution < -0.4 is 10.3 Å². The maximum Gasteiger partial charge on any atom is 0.286 e. The molecule has 136 valence electrons. The van der Waals surface area contributed by atoms with E-state index in [-0.39, 0.29) is 10.6 Å². The smallest absolute Gasteiger partial charge is 0.286 e. The fourth-order valence-corrected chi connectivity index (χ4v) is 3.56. The van der Waals surface area contributed by atoms with Gasteiger partial charge in [0.25, 0.3) is 5.56 Å². The monoisotopic (exact) mass is 380 g/mol. The average molecular weight is 381 g/mol. The number of thioether (sulfide) groups is 1. The van der Waals surface area contributed by atoms with E-state index in [1.807, 2.05) is 6.07 Å². The topological polar surface area (TPSA) is 44.1 Å². The largest absolute Gasteiger partial charge is 0.492 e. The van der Waals surface area contributed by atoms with Crippen molar-refractivity contribution in [1.82, 2.24) is 9.78 Å². The van der Waals surface area contributed by atoms with Crippen molar-refractivity contribution in [1.29, 1.82) is 0 Å². The second-order valence-corrected chi connectivity index (χ2v) is 7.52. The molecule has 0 N–H and O–H groups in total. The van der Waals surface area contributed by atoms with E-state index in [0.717, 1.165) is 17.7 Å². The van der Waals surface area contributed by atoms with Crippen LogP contribution in [0.2, 0.25) is 5.02 Å². The summed E-state index contributed by atoms with van der Waals surface area (Å²) < 4.78 is 7.10. The van der Waals surface area contributed by atoms with Crippen molar-refractivity contribution in [2.24, 2.45) is 7.05 Å². The van der Waals surface area contributed by atoms with Crippen LogP contribution in [0.25, 0.3) is 0 Å². The molecule has 0 amide bonds. The lowest BCUT2D eigenvalue weighted by molar-refractivity contribution is 0.341. The molecule has 0 aliphatic carbocycles.